The SMILES string of the molecule is Cc1cnc(C(C)NC(=O)N(CC(=O)O)CC(F)(F)F)s1. The van der Waals surface area contributed by atoms with Crippen LogP contribution in [0.4, 0.5) is 18.0 Å². The molecule has 0 bridgehead atoms. The van der Waals surface area contributed by atoms with Gasteiger partial charge in [-0.25, -0.2) is 9.78 Å². The predicted molar refractivity (Wildman–Crippen MR) is 69.1 cm³/mol. The maximum Gasteiger partial charge on any atom is 0.406 e. The number of carboxylic acids is 1. The summed E-state index contributed by atoms with van der Waals surface area (Å²) >= 11 is 1.29. The number of aliphatic carboxylic acids is 1. The van der Waals surface area contributed by atoms with Gasteiger partial charge in [0.15, 0.2) is 0 Å². The predicted octanol–water partition coefficient (Wildman–Crippen LogP) is 2.17. The first-order valence-electron chi connectivity index (χ1n) is 5.85. The molecule has 0 aliphatic carbocycles. The molecular formula is C11H14F3N3O3S. The number of nitrogens with zero attached hydrogens (tertiary/aromatic N) is 2. The van der Waals surface area contributed by atoms with Crippen molar-refractivity contribution in [1.29, 1.82) is 0 Å². The minimum Gasteiger partial charge on any atom is -0.480 e. The van der Waals surface area contributed by atoms with Gasteiger partial charge in [0.2, 0.25) is 0 Å². The molecule has 0 saturated carbocycles. The summed E-state index contributed by atoms with van der Waals surface area (Å²) in [6.07, 6.45) is -3.10. The number of carbonyl (C=O) groups excluding carboxylic acids is 1. The van der Waals surface area contributed by atoms with Crippen molar-refractivity contribution < 1.29 is 27.9 Å². The van der Waals surface area contributed by atoms with Gasteiger partial charge >= 0.3 is 18.2 Å². The number of hydrogen-bond acceptors (Lipinski definition) is 4. The molecule has 0 aliphatic rings. The highest BCUT2D eigenvalue weighted by Gasteiger charge is 2.34. The zero-order chi connectivity index (χ0) is 16.2. The Bertz CT molecular complexity index is 518. The lowest BCUT2D eigenvalue weighted by molar-refractivity contribution is -0.149. The van der Waals surface area contributed by atoms with Gasteiger partial charge in [-0.05, 0) is 13.8 Å². The van der Waals surface area contributed by atoms with Crippen molar-refractivity contribution >= 4 is 23.3 Å². The van der Waals surface area contributed by atoms with E-state index >= 15 is 0 Å². The van der Waals surface area contributed by atoms with Crippen LogP contribution in [0.15, 0.2) is 6.20 Å². The molecular weight excluding hydrogens is 311 g/mol. The normalized spacial score (nSPS) is 12.8. The van der Waals surface area contributed by atoms with E-state index in [1.807, 2.05) is 0 Å². The molecule has 0 aromatic carbocycles. The molecule has 0 fully saturated rings. The molecule has 1 unspecified atom stereocenters. The van der Waals surface area contributed by atoms with Crippen molar-refractivity contribution in [2.45, 2.75) is 26.1 Å². The highest BCUT2D eigenvalue weighted by atomic mass is 32.1. The van der Waals surface area contributed by atoms with Crippen LogP contribution in [-0.2, 0) is 4.79 Å². The summed E-state index contributed by atoms with van der Waals surface area (Å²) in [5.74, 6) is -1.52. The van der Waals surface area contributed by atoms with E-state index < -0.39 is 37.3 Å². The summed E-state index contributed by atoms with van der Waals surface area (Å²) in [4.78, 5) is 27.4. The molecule has 10 heteroatoms. The fourth-order valence-electron chi connectivity index (χ4n) is 1.49. The van der Waals surface area contributed by atoms with E-state index in [4.69, 9.17) is 5.11 Å². The summed E-state index contributed by atoms with van der Waals surface area (Å²) in [6, 6.07) is -1.71. The second kappa shape index (κ2) is 6.74. The molecule has 1 aromatic heterocycles. The van der Waals surface area contributed by atoms with Crippen molar-refractivity contribution in [2.24, 2.45) is 0 Å². The number of carbonyl (C=O) groups is 2. The maximum absolute atomic E-state index is 12.4. The fraction of sp³-hybridized carbons (Fsp3) is 0.545. The number of hydrogen-bond donors (Lipinski definition) is 2. The number of rotatable bonds is 5. The molecule has 0 spiro atoms. The smallest absolute Gasteiger partial charge is 0.406 e. The van der Waals surface area contributed by atoms with Crippen LogP contribution >= 0.6 is 11.3 Å². The largest absolute Gasteiger partial charge is 0.480 e. The van der Waals surface area contributed by atoms with Gasteiger partial charge < -0.3 is 15.3 Å². The lowest BCUT2D eigenvalue weighted by Gasteiger charge is -2.24. The third-order valence-electron chi connectivity index (χ3n) is 2.33. The minimum absolute atomic E-state index is 0.194. The number of carboxylic acid groups (broad SMARTS) is 1. The quantitative estimate of drug-likeness (QED) is 0.869. The lowest BCUT2D eigenvalue weighted by Crippen LogP contribution is -2.47. The number of thiazole rings is 1. The third kappa shape index (κ3) is 5.98. The topological polar surface area (TPSA) is 82.5 Å². The second-order valence-corrected chi connectivity index (χ2v) is 5.61. The van der Waals surface area contributed by atoms with E-state index in [1.54, 1.807) is 20.0 Å². The molecule has 2 amide bonds. The van der Waals surface area contributed by atoms with Crippen molar-refractivity contribution in [3.63, 3.8) is 0 Å². The summed E-state index contributed by atoms with van der Waals surface area (Å²) in [7, 11) is 0. The summed E-state index contributed by atoms with van der Waals surface area (Å²) in [5.41, 5.74) is 0. The zero-order valence-corrected chi connectivity index (χ0v) is 12.1. The number of halogens is 3. The molecule has 6 nitrogen and oxygen atoms in total. The van der Waals surface area contributed by atoms with Crippen molar-refractivity contribution in [3.8, 4) is 0 Å². The lowest BCUT2D eigenvalue weighted by atomic mass is 10.3. The highest BCUT2D eigenvalue weighted by molar-refractivity contribution is 7.11. The Kier molecular flexibility index (Phi) is 5.53. The Labute approximate surface area is 122 Å². The van der Waals surface area contributed by atoms with E-state index in [0.717, 1.165) is 4.88 Å². The van der Waals surface area contributed by atoms with Crippen molar-refractivity contribution in [1.82, 2.24) is 15.2 Å². The van der Waals surface area contributed by atoms with E-state index in [2.05, 4.69) is 10.3 Å². The second-order valence-electron chi connectivity index (χ2n) is 4.35. The molecule has 2 N–H and O–H groups in total. The van der Waals surface area contributed by atoms with Gasteiger partial charge in [-0.1, -0.05) is 0 Å². The van der Waals surface area contributed by atoms with E-state index in [1.165, 1.54) is 11.3 Å². The average molecular weight is 325 g/mol. The number of aromatic nitrogens is 1. The van der Waals surface area contributed by atoms with E-state index in [-0.39, 0.29) is 4.90 Å². The number of amides is 2. The average Bonchev–Trinajstić information content (AvgIpc) is 2.72. The first-order valence-corrected chi connectivity index (χ1v) is 6.66. The van der Waals surface area contributed by atoms with Gasteiger partial charge in [0.05, 0.1) is 6.04 Å². The van der Waals surface area contributed by atoms with Crippen LogP contribution in [0.5, 0.6) is 0 Å². The van der Waals surface area contributed by atoms with Crippen LogP contribution in [0, 0.1) is 6.92 Å². The Morgan fingerprint density at radius 1 is 1.52 bits per heavy atom. The molecule has 1 atom stereocenters. The number of aryl methyl sites for hydroxylation is 1. The molecule has 0 radical (unpaired) electrons. The molecule has 118 valence electrons. The van der Waals surface area contributed by atoms with Gasteiger partial charge in [0.25, 0.3) is 0 Å². The number of urea groups is 1. The van der Waals surface area contributed by atoms with Crippen molar-refractivity contribution in [3.05, 3.63) is 16.1 Å². The molecule has 21 heavy (non-hydrogen) atoms. The minimum atomic E-state index is -4.67. The molecule has 0 saturated heterocycles. The molecule has 1 heterocycles. The van der Waals surface area contributed by atoms with Gasteiger partial charge in [0, 0.05) is 11.1 Å². The van der Waals surface area contributed by atoms with Crippen LogP contribution in [0.2, 0.25) is 0 Å². The maximum atomic E-state index is 12.4. The van der Waals surface area contributed by atoms with Gasteiger partial charge in [0.1, 0.15) is 18.1 Å². The van der Waals surface area contributed by atoms with Crippen LogP contribution in [-0.4, -0.2) is 46.3 Å². The Balaban J connectivity index is 2.73. The molecule has 1 rings (SSSR count). The third-order valence-corrected chi connectivity index (χ3v) is 3.43. The Morgan fingerprint density at radius 3 is 2.57 bits per heavy atom. The highest BCUT2D eigenvalue weighted by Crippen LogP contribution is 2.20. The van der Waals surface area contributed by atoms with Crippen LogP contribution in [0.3, 0.4) is 0 Å². The zero-order valence-electron chi connectivity index (χ0n) is 11.3. The first-order chi connectivity index (χ1) is 9.58. The monoisotopic (exact) mass is 325 g/mol. The van der Waals surface area contributed by atoms with Gasteiger partial charge in [-0.2, -0.15) is 13.2 Å². The number of alkyl halides is 3. The molecule has 1 aromatic rings. The summed E-state index contributed by atoms with van der Waals surface area (Å²) in [6.45, 7) is 0.697. The number of nitrogens with one attached hydrogen (secondary N) is 1. The van der Waals surface area contributed by atoms with Crippen LogP contribution in [0.25, 0.3) is 0 Å². The first kappa shape index (κ1) is 17.2. The fourth-order valence-corrected chi connectivity index (χ4v) is 2.27. The molecule has 0 aliphatic heterocycles. The summed E-state index contributed by atoms with van der Waals surface area (Å²) in [5, 5.41) is 11.4. The Morgan fingerprint density at radius 2 is 2.14 bits per heavy atom. The van der Waals surface area contributed by atoms with E-state index in [0.29, 0.717) is 5.01 Å². The van der Waals surface area contributed by atoms with Crippen molar-refractivity contribution in [2.75, 3.05) is 13.1 Å². The van der Waals surface area contributed by atoms with E-state index in [9.17, 15) is 22.8 Å². The van der Waals surface area contributed by atoms with Crippen LogP contribution < -0.4 is 5.32 Å². The summed E-state index contributed by atoms with van der Waals surface area (Å²) < 4.78 is 37.1. The van der Waals surface area contributed by atoms with Gasteiger partial charge in [-0.15, -0.1) is 11.3 Å². The van der Waals surface area contributed by atoms with Crippen LogP contribution in [0.1, 0.15) is 22.9 Å². The standard InChI is InChI=1S/C11H14F3N3O3S/c1-6-3-15-9(21-6)7(2)16-10(20)17(4-8(18)19)5-11(12,13)14/h3,7H,4-5H2,1-2H3,(H,16,20)(H,18,19). The Hall–Kier alpha value is -1.84. The van der Waals surface area contributed by atoms with Gasteiger partial charge in [-0.3, -0.25) is 4.79 Å².